The minimum absolute atomic E-state index is 0.134. The summed E-state index contributed by atoms with van der Waals surface area (Å²) in [5.74, 6) is -0.168. The van der Waals surface area contributed by atoms with E-state index in [1.165, 1.54) is 23.3 Å². The highest BCUT2D eigenvalue weighted by Gasteiger charge is 2.22. The molecule has 0 saturated heterocycles. The Bertz CT molecular complexity index is 1040. The Hall–Kier alpha value is -2.97. The predicted molar refractivity (Wildman–Crippen MR) is 114 cm³/mol. The molecule has 0 atom stereocenters. The molecule has 0 aliphatic heterocycles. The predicted octanol–water partition coefficient (Wildman–Crippen LogP) is 3.89. The van der Waals surface area contributed by atoms with E-state index in [0.29, 0.717) is 37.7 Å². The summed E-state index contributed by atoms with van der Waals surface area (Å²) in [6.07, 6.45) is 1.67. The maximum Gasteiger partial charge on any atom is 0.266 e. The Labute approximate surface area is 177 Å². The topological polar surface area (TPSA) is 84.4 Å². The van der Waals surface area contributed by atoms with E-state index in [1.54, 1.807) is 38.4 Å². The van der Waals surface area contributed by atoms with Gasteiger partial charge < -0.3 is 15.0 Å². The maximum absolute atomic E-state index is 12.8. The second-order valence-electron chi connectivity index (χ2n) is 6.20. The quantitative estimate of drug-likeness (QED) is 0.641. The number of carbonyl (C=O) groups is 2. The van der Waals surface area contributed by atoms with Crippen molar-refractivity contribution < 1.29 is 14.3 Å². The van der Waals surface area contributed by atoms with E-state index in [-0.39, 0.29) is 18.4 Å². The molecule has 1 aromatic carbocycles. The van der Waals surface area contributed by atoms with Crippen LogP contribution >= 0.6 is 22.9 Å². The van der Waals surface area contributed by atoms with Crippen LogP contribution in [-0.4, -0.2) is 47.4 Å². The van der Waals surface area contributed by atoms with E-state index >= 15 is 0 Å². The number of hydrogen-bond donors (Lipinski definition) is 1. The first-order valence-corrected chi connectivity index (χ1v) is 9.86. The van der Waals surface area contributed by atoms with Gasteiger partial charge >= 0.3 is 0 Å². The number of pyridine rings is 1. The third kappa shape index (κ3) is 4.90. The molecule has 7 nitrogen and oxygen atoms in total. The van der Waals surface area contributed by atoms with Crippen LogP contribution in [0.1, 0.15) is 15.4 Å². The number of nitrogens with one attached hydrogen (secondary N) is 1. The molecule has 2 heterocycles. The van der Waals surface area contributed by atoms with Crippen molar-refractivity contribution in [2.45, 2.75) is 6.92 Å². The number of aryl methyl sites for hydroxylation is 1. The van der Waals surface area contributed by atoms with E-state index in [2.05, 4.69) is 15.3 Å². The molecular formula is C20H19ClN4O3S. The fourth-order valence-corrected chi connectivity index (χ4v) is 3.83. The van der Waals surface area contributed by atoms with Crippen LogP contribution in [0.25, 0.3) is 10.7 Å². The molecule has 0 bridgehead atoms. The fraction of sp³-hybridized carbons (Fsp3) is 0.200. The fourth-order valence-electron chi connectivity index (χ4n) is 2.62. The van der Waals surface area contributed by atoms with Gasteiger partial charge in [-0.05, 0) is 37.3 Å². The maximum atomic E-state index is 12.8. The van der Waals surface area contributed by atoms with Gasteiger partial charge in [0.25, 0.3) is 5.91 Å². The number of carbonyl (C=O) groups excluding carboxylic acids is 2. The molecule has 0 fully saturated rings. The SMILES string of the molecule is COc1ccc(Cl)cc1NC(=O)CN(C)C(=O)c1sc(-c2ccccn2)nc1C. The largest absolute Gasteiger partial charge is 0.495 e. The van der Waals surface area contributed by atoms with Crippen molar-refractivity contribution in [3.63, 3.8) is 0 Å². The van der Waals surface area contributed by atoms with Gasteiger partial charge in [0.1, 0.15) is 15.6 Å². The van der Waals surface area contributed by atoms with Crippen LogP contribution in [0.2, 0.25) is 5.02 Å². The van der Waals surface area contributed by atoms with Crippen molar-refractivity contribution in [3.8, 4) is 16.5 Å². The van der Waals surface area contributed by atoms with Crippen LogP contribution < -0.4 is 10.1 Å². The van der Waals surface area contributed by atoms with Crippen molar-refractivity contribution in [2.75, 3.05) is 26.0 Å². The standard InChI is InChI=1S/C20H19ClN4O3S/c1-12-18(29-19(23-12)14-6-4-5-9-22-14)20(27)25(2)11-17(26)24-15-10-13(21)7-8-16(15)28-3/h4-10H,11H2,1-3H3,(H,24,26). The Morgan fingerprint density at radius 3 is 2.76 bits per heavy atom. The number of nitrogens with zero attached hydrogens (tertiary/aromatic N) is 3. The highest BCUT2D eigenvalue weighted by molar-refractivity contribution is 7.17. The molecule has 0 radical (unpaired) electrons. The molecule has 29 heavy (non-hydrogen) atoms. The van der Waals surface area contributed by atoms with Gasteiger partial charge in [-0.1, -0.05) is 17.7 Å². The van der Waals surface area contributed by atoms with Crippen LogP contribution in [0.5, 0.6) is 5.75 Å². The van der Waals surface area contributed by atoms with Gasteiger partial charge in [0, 0.05) is 18.3 Å². The first kappa shape index (κ1) is 20.8. The average molecular weight is 431 g/mol. The van der Waals surface area contributed by atoms with Crippen molar-refractivity contribution in [2.24, 2.45) is 0 Å². The highest BCUT2D eigenvalue weighted by atomic mass is 35.5. The monoisotopic (exact) mass is 430 g/mol. The zero-order valence-corrected chi connectivity index (χ0v) is 17.7. The Balaban J connectivity index is 1.70. The van der Waals surface area contributed by atoms with Gasteiger partial charge in [-0.3, -0.25) is 14.6 Å². The van der Waals surface area contributed by atoms with Gasteiger partial charge in [-0.2, -0.15) is 0 Å². The zero-order valence-electron chi connectivity index (χ0n) is 16.1. The minimum atomic E-state index is -0.367. The zero-order chi connectivity index (χ0) is 21.0. The van der Waals surface area contributed by atoms with Crippen LogP contribution in [0, 0.1) is 6.92 Å². The normalized spacial score (nSPS) is 10.5. The second kappa shape index (κ2) is 9.02. The van der Waals surface area contributed by atoms with Crippen LogP contribution in [-0.2, 0) is 4.79 Å². The second-order valence-corrected chi connectivity index (χ2v) is 7.64. The molecule has 0 unspecified atom stereocenters. The molecule has 0 aliphatic rings. The smallest absolute Gasteiger partial charge is 0.266 e. The molecule has 9 heteroatoms. The summed E-state index contributed by atoms with van der Waals surface area (Å²) in [6, 6.07) is 10.4. The van der Waals surface area contributed by atoms with Crippen LogP contribution in [0.3, 0.4) is 0 Å². The lowest BCUT2D eigenvalue weighted by atomic mass is 10.3. The number of rotatable bonds is 6. The number of ether oxygens (including phenoxy) is 1. The van der Waals surface area contributed by atoms with Crippen molar-refractivity contribution in [1.82, 2.24) is 14.9 Å². The van der Waals surface area contributed by atoms with Gasteiger partial charge in [0.15, 0.2) is 0 Å². The van der Waals surface area contributed by atoms with Gasteiger partial charge in [-0.15, -0.1) is 11.3 Å². The number of likely N-dealkylation sites (N-methyl/N-ethyl adjacent to an activating group) is 1. The third-order valence-corrected chi connectivity index (χ3v) is 5.44. The summed E-state index contributed by atoms with van der Waals surface area (Å²) in [5, 5.41) is 3.85. The molecule has 2 aromatic heterocycles. The summed E-state index contributed by atoms with van der Waals surface area (Å²) in [5.41, 5.74) is 1.75. The number of methoxy groups -OCH3 is 1. The lowest BCUT2D eigenvalue weighted by Gasteiger charge is -2.17. The number of benzene rings is 1. The molecule has 1 N–H and O–H groups in total. The lowest BCUT2D eigenvalue weighted by Crippen LogP contribution is -2.34. The molecule has 3 rings (SSSR count). The molecule has 2 amide bonds. The number of thiazole rings is 1. The summed E-state index contributed by atoms with van der Waals surface area (Å²) >= 11 is 7.24. The lowest BCUT2D eigenvalue weighted by molar-refractivity contribution is -0.116. The van der Waals surface area contributed by atoms with Crippen molar-refractivity contribution >= 4 is 40.4 Å². The first-order chi connectivity index (χ1) is 13.9. The molecule has 0 saturated carbocycles. The summed E-state index contributed by atoms with van der Waals surface area (Å²) < 4.78 is 5.22. The summed E-state index contributed by atoms with van der Waals surface area (Å²) in [7, 11) is 3.07. The Morgan fingerprint density at radius 2 is 2.07 bits per heavy atom. The van der Waals surface area contributed by atoms with E-state index < -0.39 is 0 Å². The van der Waals surface area contributed by atoms with E-state index in [1.807, 2.05) is 18.2 Å². The minimum Gasteiger partial charge on any atom is -0.495 e. The summed E-state index contributed by atoms with van der Waals surface area (Å²) in [6.45, 7) is 1.63. The van der Waals surface area contributed by atoms with E-state index in [0.717, 1.165) is 0 Å². The highest BCUT2D eigenvalue weighted by Crippen LogP contribution is 2.28. The molecule has 0 aliphatic carbocycles. The third-order valence-electron chi connectivity index (χ3n) is 4.04. The van der Waals surface area contributed by atoms with E-state index in [9.17, 15) is 9.59 Å². The number of amides is 2. The van der Waals surface area contributed by atoms with Crippen molar-refractivity contribution in [1.29, 1.82) is 0 Å². The van der Waals surface area contributed by atoms with Crippen molar-refractivity contribution in [3.05, 3.63) is 58.2 Å². The average Bonchev–Trinajstić information content (AvgIpc) is 3.09. The number of halogens is 1. The molecule has 0 spiro atoms. The van der Waals surface area contributed by atoms with Gasteiger partial charge in [0.2, 0.25) is 5.91 Å². The van der Waals surface area contributed by atoms with Gasteiger partial charge in [0.05, 0.1) is 30.7 Å². The molecule has 3 aromatic rings. The summed E-state index contributed by atoms with van der Waals surface area (Å²) in [4.78, 5) is 35.8. The number of anilines is 1. The van der Waals surface area contributed by atoms with Gasteiger partial charge in [-0.25, -0.2) is 4.98 Å². The van der Waals surface area contributed by atoms with Crippen LogP contribution in [0.4, 0.5) is 5.69 Å². The number of aromatic nitrogens is 2. The molecule has 150 valence electrons. The number of hydrogen-bond acceptors (Lipinski definition) is 6. The van der Waals surface area contributed by atoms with E-state index in [4.69, 9.17) is 16.3 Å². The Morgan fingerprint density at radius 1 is 1.28 bits per heavy atom. The van der Waals surface area contributed by atoms with Crippen LogP contribution in [0.15, 0.2) is 42.6 Å². The first-order valence-electron chi connectivity index (χ1n) is 8.66. The Kier molecular flexibility index (Phi) is 6.46. The molecular weight excluding hydrogens is 412 g/mol.